The first-order valence-corrected chi connectivity index (χ1v) is 7.25. The van der Waals surface area contributed by atoms with Crippen molar-refractivity contribution < 1.29 is 13.2 Å². The van der Waals surface area contributed by atoms with Crippen LogP contribution in [0, 0.1) is 5.95 Å². The lowest BCUT2D eigenvalue weighted by atomic mass is 10.1. The van der Waals surface area contributed by atoms with E-state index in [9.17, 15) is 13.2 Å². The average molecular weight is 367 g/mol. The molecule has 3 aromatic rings. The molecule has 0 unspecified atom stereocenters. The molecule has 0 amide bonds. The van der Waals surface area contributed by atoms with E-state index in [-0.39, 0.29) is 5.56 Å². The number of nitrogens with zero attached hydrogens (tertiary/aromatic N) is 2. The molecule has 6 heteroatoms. The Kier molecular flexibility index (Phi) is 4.02. The molecule has 0 N–H and O–H groups in total. The molecule has 0 atom stereocenters. The quantitative estimate of drug-likeness (QED) is 0.608. The van der Waals surface area contributed by atoms with Crippen LogP contribution in [0.5, 0.6) is 0 Å². The fourth-order valence-corrected chi connectivity index (χ4v) is 2.60. The van der Waals surface area contributed by atoms with Crippen molar-refractivity contribution >= 4 is 15.9 Å². The summed E-state index contributed by atoms with van der Waals surface area (Å²) in [6.45, 7) is 0. The topological polar surface area (TPSA) is 17.8 Å². The van der Waals surface area contributed by atoms with E-state index in [1.807, 2.05) is 0 Å². The molecule has 112 valence electrons. The highest BCUT2D eigenvalue weighted by Gasteiger charge is 2.26. The zero-order valence-electron chi connectivity index (χ0n) is 11.2. The minimum Gasteiger partial charge on any atom is -0.206 e. The summed E-state index contributed by atoms with van der Waals surface area (Å²) in [5.41, 5.74) is 0.00625. The van der Waals surface area contributed by atoms with Crippen LogP contribution >= 0.6 is 15.9 Å². The van der Waals surface area contributed by atoms with Crippen molar-refractivity contribution in [3.05, 3.63) is 70.7 Å². The van der Waals surface area contributed by atoms with Crippen LogP contribution in [0.3, 0.4) is 0 Å². The molecular formula is C16H10BrF3N2. The number of benzene rings is 2. The van der Waals surface area contributed by atoms with Crippen molar-refractivity contribution in [2.45, 2.75) is 6.43 Å². The van der Waals surface area contributed by atoms with E-state index in [2.05, 4.69) is 21.0 Å². The minimum atomic E-state index is -2.86. The summed E-state index contributed by atoms with van der Waals surface area (Å²) in [5.74, 6) is -0.806. The molecule has 0 spiro atoms. The van der Waals surface area contributed by atoms with E-state index < -0.39 is 18.1 Å². The molecule has 22 heavy (non-hydrogen) atoms. The van der Waals surface area contributed by atoms with Gasteiger partial charge in [0.25, 0.3) is 6.43 Å². The van der Waals surface area contributed by atoms with Crippen molar-refractivity contribution in [1.82, 2.24) is 9.78 Å². The summed E-state index contributed by atoms with van der Waals surface area (Å²) in [7, 11) is 0. The van der Waals surface area contributed by atoms with Crippen molar-refractivity contribution in [3.63, 3.8) is 0 Å². The predicted octanol–water partition coefficient (Wildman–Crippen LogP) is 5.38. The van der Waals surface area contributed by atoms with Crippen molar-refractivity contribution in [2.75, 3.05) is 0 Å². The number of alkyl halides is 2. The normalized spacial score (nSPS) is 11.1. The van der Waals surface area contributed by atoms with Crippen LogP contribution in [0.2, 0.25) is 0 Å². The van der Waals surface area contributed by atoms with Gasteiger partial charge in [0.15, 0.2) is 0 Å². The van der Waals surface area contributed by atoms with Crippen LogP contribution in [-0.2, 0) is 0 Å². The third-order valence-electron chi connectivity index (χ3n) is 3.18. The summed E-state index contributed by atoms with van der Waals surface area (Å²) < 4.78 is 42.8. The molecule has 0 saturated heterocycles. The number of aromatic nitrogens is 2. The van der Waals surface area contributed by atoms with Gasteiger partial charge in [0, 0.05) is 4.47 Å². The summed E-state index contributed by atoms with van der Waals surface area (Å²) in [6.07, 6.45) is -2.86. The standard InChI is InChI=1S/C16H10BrF3N2/c17-11-7-4-8-12(9-11)22-16(20)13(14(21-22)15(18)19)10-5-2-1-3-6-10/h1-9,15H. The first kappa shape index (κ1) is 14.8. The van der Waals surface area contributed by atoms with Crippen LogP contribution in [0.15, 0.2) is 59.1 Å². The van der Waals surface area contributed by atoms with E-state index in [4.69, 9.17) is 0 Å². The third-order valence-corrected chi connectivity index (χ3v) is 3.67. The number of halogens is 4. The van der Waals surface area contributed by atoms with Gasteiger partial charge in [-0.25, -0.2) is 13.5 Å². The molecular weight excluding hydrogens is 357 g/mol. The van der Waals surface area contributed by atoms with E-state index in [0.29, 0.717) is 15.7 Å². The molecule has 0 bridgehead atoms. The fourth-order valence-electron chi connectivity index (χ4n) is 2.22. The Bertz CT molecular complexity index is 800. The van der Waals surface area contributed by atoms with Gasteiger partial charge < -0.3 is 0 Å². The summed E-state index contributed by atoms with van der Waals surface area (Å²) in [5, 5.41) is 3.77. The highest BCUT2D eigenvalue weighted by Crippen LogP contribution is 2.34. The van der Waals surface area contributed by atoms with Gasteiger partial charge >= 0.3 is 0 Å². The first-order valence-electron chi connectivity index (χ1n) is 6.46. The zero-order valence-corrected chi connectivity index (χ0v) is 12.8. The Labute approximate surface area is 133 Å². The van der Waals surface area contributed by atoms with Gasteiger partial charge in [-0.05, 0) is 23.8 Å². The van der Waals surface area contributed by atoms with Crippen LogP contribution in [0.1, 0.15) is 12.1 Å². The molecule has 0 radical (unpaired) electrons. The zero-order chi connectivity index (χ0) is 15.7. The summed E-state index contributed by atoms with van der Waals surface area (Å²) in [6, 6.07) is 14.9. The van der Waals surface area contributed by atoms with Crippen LogP contribution in [0.4, 0.5) is 13.2 Å². The van der Waals surface area contributed by atoms with Gasteiger partial charge in [-0.3, -0.25) is 0 Å². The molecule has 0 aliphatic carbocycles. The maximum atomic E-state index is 14.7. The lowest BCUT2D eigenvalue weighted by Gasteiger charge is -2.03. The SMILES string of the molecule is Fc1c(-c2ccccc2)c(C(F)F)nn1-c1cccc(Br)c1. The maximum absolute atomic E-state index is 14.7. The van der Waals surface area contributed by atoms with Crippen LogP contribution < -0.4 is 0 Å². The van der Waals surface area contributed by atoms with E-state index in [1.165, 1.54) is 0 Å². The second kappa shape index (κ2) is 5.96. The molecule has 1 aromatic heterocycles. The molecule has 0 fully saturated rings. The second-order valence-corrected chi connectivity index (χ2v) is 5.53. The monoisotopic (exact) mass is 366 g/mol. The number of rotatable bonds is 3. The maximum Gasteiger partial charge on any atom is 0.282 e. The highest BCUT2D eigenvalue weighted by atomic mass is 79.9. The van der Waals surface area contributed by atoms with Crippen molar-refractivity contribution in [3.8, 4) is 16.8 Å². The molecule has 2 nitrogen and oxygen atoms in total. The fraction of sp³-hybridized carbons (Fsp3) is 0.0625. The molecule has 3 rings (SSSR count). The third kappa shape index (κ3) is 2.66. The Balaban J connectivity index is 2.23. The molecule has 0 aliphatic rings. The average Bonchev–Trinajstić information content (AvgIpc) is 2.86. The van der Waals surface area contributed by atoms with Gasteiger partial charge in [-0.2, -0.15) is 9.49 Å². The van der Waals surface area contributed by atoms with Gasteiger partial charge in [0.05, 0.1) is 11.3 Å². The Hall–Kier alpha value is -2.08. The highest BCUT2D eigenvalue weighted by molar-refractivity contribution is 9.10. The molecule has 1 heterocycles. The molecule has 0 aliphatic heterocycles. The summed E-state index contributed by atoms with van der Waals surface area (Å²) in [4.78, 5) is 0. The van der Waals surface area contributed by atoms with Crippen LogP contribution in [0.25, 0.3) is 16.8 Å². The largest absolute Gasteiger partial charge is 0.282 e. The summed E-state index contributed by atoms with van der Waals surface area (Å²) >= 11 is 3.27. The smallest absolute Gasteiger partial charge is 0.206 e. The minimum absolute atomic E-state index is 0.171. The van der Waals surface area contributed by atoms with Gasteiger partial charge in [-0.15, -0.1) is 0 Å². The van der Waals surface area contributed by atoms with Gasteiger partial charge in [-0.1, -0.05) is 52.3 Å². The first-order chi connectivity index (χ1) is 10.6. The predicted molar refractivity (Wildman–Crippen MR) is 81.6 cm³/mol. The Morgan fingerprint density at radius 1 is 1.00 bits per heavy atom. The second-order valence-electron chi connectivity index (χ2n) is 4.61. The van der Waals surface area contributed by atoms with E-state index >= 15 is 0 Å². The number of hydrogen-bond donors (Lipinski definition) is 0. The molecule has 2 aromatic carbocycles. The van der Waals surface area contributed by atoms with Gasteiger partial charge in [0.1, 0.15) is 5.69 Å². The van der Waals surface area contributed by atoms with E-state index in [0.717, 1.165) is 4.68 Å². The Morgan fingerprint density at radius 2 is 1.73 bits per heavy atom. The van der Waals surface area contributed by atoms with Crippen molar-refractivity contribution in [1.29, 1.82) is 0 Å². The van der Waals surface area contributed by atoms with Crippen molar-refractivity contribution in [2.24, 2.45) is 0 Å². The number of hydrogen-bond acceptors (Lipinski definition) is 1. The lowest BCUT2D eigenvalue weighted by molar-refractivity contribution is 0.146. The Morgan fingerprint density at radius 3 is 2.36 bits per heavy atom. The van der Waals surface area contributed by atoms with E-state index in [1.54, 1.807) is 54.6 Å². The van der Waals surface area contributed by atoms with Gasteiger partial charge in [0.2, 0.25) is 5.95 Å². The van der Waals surface area contributed by atoms with Crippen LogP contribution in [-0.4, -0.2) is 9.78 Å². The molecule has 0 saturated carbocycles. The lowest BCUT2D eigenvalue weighted by Crippen LogP contribution is -2.00.